The topological polar surface area (TPSA) is 50.4 Å². The van der Waals surface area contributed by atoms with Gasteiger partial charge in [0.05, 0.1) is 16.3 Å². The maximum atomic E-state index is 14.0. The van der Waals surface area contributed by atoms with E-state index < -0.39 is 5.82 Å². The van der Waals surface area contributed by atoms with Crippen LogP contribution in [-0.4, -0.2) is 19.7 Å². The molecule has 0 saturated heterocycles. The van der Waals surface area contributed by atoms with Crippen molar-refractivity contribution in [2.24, 2.45) is 0 Å². The van der Waals surface area contributed by atoms with Gasteiger partial charge in [0.2, 0.25) is 0 Å². The third kappa shape index (κ3) is 1.82. The Morgan fingerprint density at radius 3 is 2.95 bits per heavy atom. The van der Waals surface area contributed by atoms with Gasteiger partial charge in [-0.25, -0.2) is 13.9 Å². The maximum Gasteiger partial charge on any atom is 0.163 e. The molecule has 4 nitrogen and oxygen atoms in total. The van der Waals surface area contributed by atoms with E-state index >= 15 is 0 Å². The van der Waals surface area contributed by atoms with Crippen LogP contribution in [0.3, 0.4) is 0 Å². The summed E-state index contributed by atoms with van der Waals surface area (Å²) in [7, 11) is 0. The number of halogens is 2. The molecule has 0 bridgehead atoms. The van der Waals surface area contributed by atoms with Crippen molar-refractivity contribution in [1.82, 2.24) is 14.6 Å². The quantitative estimate of drug-likeness (QED) is 0.743. The molecule has 0 aliphatic carbocycles. The first kappa shape index (κ1) is 11.9. The molecule has 1 aromatic carbocycles. The number of aryl methyl sites for hydroxylation is 1. The van der Waals surface area contributed by atoms with Crippen molar-refractivity contribution in [3.05, 3.63) is 47.1 Å². The molecule has 19 heavy (non-hydrogen) atoms. The average Bonchev–Trinajstić information content (AvgIpc) is 2.70. The number of hydrogen-bond acceptors (Lipinski definition) is 3. The van der Waals surface area contributed by atoms with Gasteiger partial charge in [-0.15, -0.1) is 0 Å². The Hall–Kier alpha value is -2.14. The summed E-state index contributed by atoms with van der Waals surface area (Å²) in [6.07, 6.45) is 3.35. The first-order valence-corrected chi connectivity index (χ1v) is 5.94. The van der Waals surface area contributed by atoms with Gasteiger partial charge in [0, 0.05) is 24.0 Å². The predicted molar refractivity (Wildman–Crippen MR) is 69.8 cm³/mol. The Kier molecular flexibility index (Phi) is 2.64. The molecule has 0 aliphatic rings. The number of phenols is 1. The Morgan fingerprint density at radius 1 is 1.37 bits per heavy atom. The van der Waals surface area contributed by atoms with Gasteiger partial charge in [-0.3, -0.25) is 0 Å². The lowest BCUT2D eigenvalue weighted by molar-refractivity contribution is 0.469. The second-order valence-corrected chi connectivity index (χ2v) is 4.54. The van der Waals surface area contributed by atoms with E-state index in [0.717, 1.165) is 6.07 Å². The Labute approximate surface area is 113 Å². The number of aromatic hydroxyl groups is 1. The molecule has 3 rings (SSSR count). The predicted octanol–water partition coefficient (Wildman–Crippen LogP) is 3.20. The summed E-state index contributed by atoms with van der Waals surface area (Å²) in [6, 6.07) is 4.11. The normalized spacial score (nSPS) is 11.1. The van der Waals surface area contributed by atoms with Crippen LogP contribution in [0.5, 0.6) is 5.75 Å². The minimum absolute atomic E-state index is 0.0890. The Bertz CT molecular complexity index is 785. The molecule has 96 valence electrons. The third-order valence-corrected chi connectivity index (χ3v) is 3.18. The van der Waals surface area contributed by atoms with Crippen molar-refractivity contribution < 1.29 is 9.50 Å². The highest BCUT2D eigenvalue weighted by Gasteiger charge is 2.18. The van der Waals surface area contributed by atoms with Gasteiger partial charge in [-0.1, -0.05) is 11.6 Å². The number of nitrogens with zero attached hydrogens (tertiary/aromatic N) is 3. The van der Waals surface area contributed by atoms with Gasteiger partial charge in [-0.2, -0.15) is 5.10 Å². The number of hydrogen-bond donors (Lipinski definition) is 1. The molecule has 0 fully saturated rings. The van der Waals surface area contributed by atoms with E-state index in [1.807, 2.05) is 0 Å². The van der Waals surface area contributed by atoms with E-state index in [9.17, 15) is 9.50 Å². The van der Waals surface area contributed by atoms with E-state index in [-0.39, 0.29) is 16.3 Å². The number of fused-ring (bicyclic) bond motifs is 1. The van der Waals surface area contributed by atoms with Crippen molar-refractivity contribution in [3.63, 3.8) is 0 Å². The Morgan fingerprint density at radius 2 is 2.16 bits per heavy atom. The summed E-state index contributed by atoms with van der Waals surface area (Å²) in [4.78, 5) is 4.20. The molecule has 0 atom stereocenters. The molecule has 0 aliphatic heterocycles. The van der Waals surface area contributed by atoms with Crippen LogP contribution in [0.2, 0.25) is 5.02 Å². The molecule has 1 N–H and O–H groups in total. The fourth-order valence-electron chi connectivity index (χ4n) is 2.04. The van der Waals surface area contributed by atoms with E-state index in [0.29, 0.717) is 16.9 Å². The first-order chi connectivity index (χ1) is 9.08. The van der Waals surface area contributed by atoms with Crippen LogP contribution in [0.15, 0.2) is 30.6 Å². The lowest BCUT2D eigenvalue weighted by Crippen LogP contribution is -1.89. The van der Waals surface area contributed by atoms with Crippen molar-refractivity contribution in [2.45, 2.75) is 6.92 Å². The zero-order valence-corrected chi connectivity index (χ0v) is 10.7. The monoisotopic (exact) mass is 277 g/mol. The number of aromatic nitrogens is 3. The SMILES string of the molecule is Cc1nn2cccnc2c1-c1cc(Cl)c(O)cc1F. The first-order valence-electron chi connectivity index (χ1n) is 5.56. The van der Waals surface area contributed by atoms with Gasteiger partial charge >= 0.3 is 0 Å². The molecule has 0 spiro atoms. The molecule has 3 aromatic rings. The minimum Gasteiger partial charge on any atom is -0.506 e. The van der Waals surface area contributed by atoms with Crippen LogP contribution in [0.1, 0.15) is 5.69 Å². The van der Waals surface area contributed by atoms with Gasteiger partial charge in [0.25, 0.3) is 0 Å². The summed E-state index contributed by atoms with van der Waals surface area (Å²) >= 11 is 5.84. The molecule has 0 radical (unpaired) electrons. The van der Waals surface area contributed by atoms with E-state index in [1.54, 1.807) is 29.9 Å². The number of rotatable bonds is 1. The average molecular weight is 278 g/mol. The summed E-state index contributed by atoms with van der Waals surface area (Å²) in [5, 5.41) is 13.7. The largest absolute Gasteiger partial charge is 0.506 e. The molecule has 0 amide bonds. The second-order valence-electron chi connectivity index (χ2n) is 4.13. The van der Waals surface area contributed by atoms with Crippen LogP contribution >= 0.6 is 11.6 Å². The lowest BCUT2D eigenvalue weighted by atomic mass is 10.1. The van der Waals surface area contributed by atoms with Gasteiger partial charge in [0.15, 0.2) is 5.65 Å². The van der Waals surface area contributed by atoms with Crippen LogP contribution in [0, 0.1) is 12.7 Å². The van der Waals surface area contributed by atoms with Crippen LogP contribution in [0.4, 0.5) is 4.39 Å². The summed E-state index contributed by atoms with van der Waals surface area (Å²) in [5.74, 6) is -0.851. The molecule has 2 aromatic heterocycles. The highest BCUT2D eigenvalue weighted by Crippen LogP contribution is 2.35. The van der Waals surface area contributed by atoms with Gasteiger partial charge in [-0.05, 0) is 19.1 Å². The van der Waals surface area contributed by atoms with Crippen LogP contribution < -0.4 is 0 Å². The summed E-state index contributed by atoms with van der Waals surface area (Å²) < 4.78 is 15.6. The van der Waals surface area contributed by atoms with Crippen LogP contribution in [-0.2, 0) is 0 Å². The van der Waals surface area contributed by atoms with E-state index in [4.69, 9.17) is 11.6 Å². The van der Waals surface area contributed by atoms with Gasteiger partial charge < -0.3 is 5.11 Å². The van der Waals surface area contributed by atoms with Crippen molar-refractivity contribution >= 4 is 17.2 Å². The summed E-state index contributed by atoms with van der Waals surface area (Å²) in [5.41, 5.74) is 2.02. The molecule has 0 saturated carbocycles. The smallest absolute Gasteiger partial charge is 0.163 e. The zero-order chi connectivity index (χ0) is 13.6. The number of benzene rings is 1. The molecule has 0 unspecified atom stereocenters. The highest BCUT2D eigenvalue weighted by molar-refractivity contribution is 6.32. The Balaban J connectivity index is 2.36. The number of phenolic OH excluding ortho intramolecular Hbond substituents is 1. The van der Waals surface area contributed by atoms with Crippen LogP contribution in [0.25, 0.3) is 16.8 Å². The molecule has 6 heteroatoms. The maximum absolute atomic E-state index is 14.0. The fourth-order valence-corrected chi connectivity index (χ4v) is 2.20. The second kappa shape index (κ2) is 4.20. The van der Waals surface area contributed by atoms with E-state index in [2.05, 4.69) is 10.1 Å². The fraction of sp³-hybridized carbons (Fsp3) is 0.0769. The highest BCUT2D eigenvalue weighted by atomic mass is 35.5. The van der Waals surface area contributed by atoms with Crippen molar-refractivity contribution in [2.75, 3.05) is 0 Å². The molecule has 2 heterocycles. The minimum atomic E-state index is -0.564. The van der Waals surface area contributed by atoms with Gasteiger partial charge in [0.1, 0.15) is 11.6 Å². The van der Waals surface area contributed by atoms with E-state index in [1.165, 1.54) is 6.07 Å². The van der Waals surface area contributed by atoms with Crippen molar-refractivity contribution in [1.29, 1.82) is 0 Å². The molecular weight excluding hydrogens is 269 g/mol. The van der Waals surface area contributed by atoms with Crippen molar-refractivity contribution in [3.8, 4) is 16.9 Å². The molecular formula is C13H9ClFN3O. The zero-order valence-electron chi connectivity index (χ0n) is 9.93. The lowest BCUT2D eigenvalue weighted by Gasteiger charge is -2.05. The third-order valence-electron chi connectivity index (χ3n) is 2.88. The standard InChI is InChI=1S/C13H9ClFN3O/c1-7-12(13-16-3-2-4-18(13)17-7)8-5-9(14)11(19)6-10(8)15/h2-6,19H,1H3. The summed E-state index contributed by atoms with van der Waals surface area (Å²) in [6.45, 7) is 1.77.